The lowest BCUT2D eigenvalue weighted by Gasteiger charge is -2.14. The Morgan fingerprint density at radius 2 is 0.967 bits per heavy atom. The number of pyridine rings is 2. The molecule has 0 radical (unpaired) electrons. The summed E-state index contributed by atoms with van der Waals surface area (Å²) in [5.74, 6) is 1.73. The van der Waals surface area contributed by atoms with Gasteiger partial charge in [-0.3, -0.25) is 9.97 Å². The maximum Gasteiger partial charge on any atom is 0.158 e. The molecule has 4 heterocycles. The van der Waals surface area contributed by atoms with Crippen molar-refractivity contribution in [2.75, 3.05) is 0 Å². The molecule has 0 aliphatic carbocycles. The largest absolute Gasteiger partial charge is 0.325 e. The molecule has 6 heteroatoms. The zero-order valence-electron chi connectivity index (χ0n) is 16.3. The second-order valence-electron chi connectivity index (χ2n) is 6.96. The van der Waals surface area contributed by atoms with Gasteiger partial charge < -0.3 is 9.13 Å². The van der Waals surface area contributed by atoms with E-state index in [1.165, 1.54) is 11.1 Å². The summed E-state index contributed by atoms with van der Waals surface area (Å²) in [5.41, 5.74) is 4.20. The molecule has 0 saturated carbocycles. The summed E-state index contributed by atoms with van der Waals surface area (Å²) in [6, 6.07) is 20.2. The predicted molar refractivity (Wildman–Crippen MR) is 116 cm³/mol. The molecule has 4 aromatic heterocycles. The van der Waals surface area contributed by atoms with Crippen molar-refractivity contribution in [1.82, 2.24) is 29.1 Å². The molecule has 0 saturated heterocycles. The minimum absolute atomic E-state index is 0.718. The Balaban J connectivity index is 1.45. The van der Waals surface area contributed by atoms with Crippen LogP contribution in [0.2, 0.25) is 0 Å². The fourth-order valence-corrected chi connectivity index (χ4v) is 3.56. The predicted octanol–water partition coefficient (Wildman–Crippen LogP) is 4.30. The van der Waals surface area contributed by atoms with Gasteiger partial charge in [0.1, 0.15) is 11.4 Å². The van der Waals surface area contributed by atoms with Gasteiger partial charge in [-0.1, -0.05) is 36.4 Å². The third-order valence-electron chi connectivity index (χ3n) is 5.02. The van der Waals surface area contributed by atoms with Crippen molar-refractivity contribution in [2.24, 2.45) is 0 Å². The van der Waals surface area contributed by atoms with E-state index in [1.54, 1.807) is 12.4 Å². The van der Waals surface area contributed by atoms with E-state index in [0.717, 1.165) is 36.1 Å². The van der Waals surface area contributed by atoms with Crippen molar-refractivity contribution in [2.45, 2.75) is 13.1 Å². The van der Waals surface area contributed by atoms with Gasteiger partial charge in [-0.15, -0.1) is 0 Å². The molecule has 0 atom stereocenters. The van der Waals surface area contributed by atoms with Gasteiger partial charge in [0, 0.05) is 50.3 Å². The molecule has 0 N–H and O–H groups in total. The van der Waals surface area contributed by atoms with Crippen LogP contribution in [0.1, 0.15) is 11.1 Å². The molecule has 6 nitrogen and oxygen atoms in total. The number of hydrogen-bond acceptors (Lipinski definition) is 4. The van der Waals surface area contributed by atoms with E-state index in [1.807, 2.05) is 61.2 Å². The molecule has 5 rings (SSSR count). The maximum atomic E-state index is 4.52. The van der Waals surface area contributed by atoms with Crippen LogP contribution in [-0.2, 0) is 13.1 Å². The quantitative estimate of drug-likeness (QED) is 0.432. The van der Waals surface area contributed by atoms with Crippen molar-refractivity contribution in [1.29, 1.82) is 0 Å². The zero-order valence-corrected chi connectivity index (χ0v) is 16.3. The Labute approximate surface area is 174 Å². The molecule has 146 valence electrons. The summed E-state index contributed by atoms with van der Waals surface area (Å²) in [6.45, 7) is 1.44. The lowest BCUT2D eigenvalue weighted by Crippen LogP contribution is -2.08. The Bertz CT molecular complexity index is 1140. The third-order valence-corrected chi connectivity index (χ3v) is 5.02. The molecule has 0 amide bonds. The van der Waals surface area contributed by atoms with Crippen LogP contribution in [0, 0.1) is 0 Å². The van der Waals surface area contributed by atoms with Crippen LogP contribution in [0.15, 0.2) is 97.8 Å². The minimum Gasteiger partial charge on any atom is -0.325 e. The van der Waals surface area contributed by atoms with Gasteiger partial charge in [-0.25, -0.2) is 9.97 Å². The van der Waals surface area contributed by atoms with E-state index in [-0.39, 0.29) is 0 Å². The molecule has 0 aliphatic rings. The number of hydrogen-bond donors (Lipinski definition) is 0. The van der Waals surface area contributed by atoms with Gasteiger partial charge in [0.15, 0.2) is 11.6 Å². The molecule has 0 bridgehead atoms. The highest BCUT2D eigenvalue weighted by molar-refractivity contribution is 5.50. The SMILES string of the molecule is c1ccc(-c2nccn2Cc2ccccc2Cn2ccnc2-c2ccccn2)nc1. The van der Waals surface area contributed by atoms with Crippen LogP contribution in [0.4, 0.5) is 0 Å². The Kier molecular flexibility index (Phi) is 4.88. The van der Waals surface area contributed by atoms with Gasteiger partial charge in [-0.2, -0.15) is 0 Å². The lowest BCUT2D eigenvalue weighted by molar-refractivity contribution is 0.755. The van der Waals surface area contributed by atoms with Crippen LogP contribution >= 0.6 is 0 Å². The molecular formula is C24H20N6. The van der Waals surface area contributed by atoms with Crippen molar-refractivity contribution < 1.29 is 0 Å². The first kappa shape index (κ1) is 18.0. The Morgan fingerprint density at radius 3 is 1.40 bits per heavy atom. The minimum atomic E-state index is 0.718. The van der Waals surface area contributed by atoms with Gasteiger partial charge in [0.2, 0.25) is 0 Å². The highest BCUT2D eigenvalue weighted by Gasteiger charge is 2.12. The second-order valence-corrected chi connectivity index (χ2v) is 6.96. The van der Waals surface area contributed by atoms with Crippen LogP contribution in [0.5, 0.6) is 0 Å². The summed E-state index contributed by atoms with van der Waals surface area (Å²) >= 11 is 0. The molecule has 0 aliphatic heterocycles. The van der Waals surface area contributed by atoms with Gasteiger partial charge >= 0.3 is 0 Å². The average Bonchev–Trinajstić information content (AvgIpc) is 3.46. The van der Waals surface area contributed by atoms with Crippen LogP contribution in [-0.4, -0.2) is 29.1 Å². The topological polar surface area (TPSA) is 61.4 Å². The van der Waals surface area contributed by atoms with Crippen molar-refractivity contribution in [3.05, 3.63) is 109 Å². The average molecular weight is 392 g/mol. The van der Waals surface area contributed by atoms with E-state index in [0.29, 0.717) is 0 Å². The second kappa shape index (κ2) is 8.13. The van der Waals surface area contributed by atoms with Crippen molar-refractivity contribution in [3.63, 3.8) is 0 Å². The molecule has 5 aromatic rings. The van der Waals surface area contributed by atoms with Gasteiger partial charge in [-0.05, 0) is 35.4 Å². The highest BCUT2D eigenvalue weighted by atomic mass is 15.1. The fraction of sp³-hybridized carbons (Fsp3) is 0.0833. The van der Waals surface area contributed by atoms with E-state index >= 15 is 0 Å². The molecule has 1 aromatic carbocycles. The summed E-state index contributed by atoms with van der Waals surface area (Å²) in [4.78, 5) is 17.9. The van der Waals surface area contributed by atoms with Crippen molar-refractivity contribution >= 4 is 0 Å². The first-order valence-electron chi connectivity index (χ1n) is 9.80. The first-order chi connectivity index (χ1) is 14.9. The molecule has 0 unspecified atom stereocenters. The summed E-state index contributed by atoms with van der Waals surface area (Å²) < 4.78 is 4.27. The van der Waals surface area contributed by atoms with Crippen molar-refractivity contribution in [3.8, 4) is 23.0 Å². The number of aromatic nitrogens is 6. The van der Waals surface area contributed by atoms with Crippen LogP contribution in [0.25, 0.3) is 23.0 Å². The maximum absolute atomic E-state index is 4.52. The molecule has 0 fully saturated rings. The summed E-state index contributed by atoms with van der Waals surface area (Å²) in [5, 5.41) is 0. The molecule has 0 spiro atoms. The number of rotatable bonds is 6. The van der Waals surface area contributed by atoms with Crippen LogP contribution in [0.3, 0.4) is 0 Å². The van der Waals surface area contributed by atoms with E-state index < -0.39 is 0 Å². The van der Waals surface area contributed by atoms with Crippen LogP contribution < -0.4 is 0 Å². The summed E-state index contributed by atoms with van der Waals surface area (Å²) in [7, 11) is 0. The number of imidazole rings is 2. The first-order valence-corrected chi connectivity index (χ1v) is 9.80. The zero-order chi connectivity index (χ0) is 20.2. The fourth-order valence-electron chi connectivity index (χ4n) is 3.56. The monoisotopic (exact) mass is 392 g/mol. The van der Waals surface area contributed by atoms with Gasteiger partial charge in [0.05, 0.1) is 0 Å². The smallest absolute Gasteiger partial charge is 0.158 e. The summed E-state index contributed by atoms with van der Waals surface area (Å²) in [6.07, 6.45) is 11.2. The normalized spacial score (nSPS) is 10.9. The van der Waals surface area contributed by atoms with E-state index in [9.17, 15) is 0 Å². The Morgan fingerprint density at radius 1 is 0.500 bits per heavy atom. The Hall–Kier alpha value is -4.06. The molecule has 30 heavy (non-hydrogen) atoms. The third kappa shape index (κ3) is 3.63. The van der Waals surface area contributed by atoms with Gasteiger partial charge in [0.25, 0.3) is 0 Å². The molecular weight excluding hydrogens is 372 g/mol. The lowest BCUT2D eigenvalue weighted by atomic mass is 10.1. The standard InChI is InChI=1S/C24H20N6/c1-2-8-20(18-30-16-14-28-24(30)22-10-4-6-12-26-22)19(7-1)17-29-15-13-27-23(29)21-9-3-5-11-25-21/h1-16H,17-18H2. The van der Waals surface area contributed by atoms with E-state index in [4.69, 9.17) is 0 Å². The highest BCUT2D eigenvalue weighted by Crippen LogP contribution is 2.21. The number of benzene rings is 1. The number of nitrogens with zero attached hydrogens (tertiary/aromatic N) is 6. The van der Waals surface area contributed by atoms with E-state index in [2.05, 4.69) is 53.3 Å².